The minimum Gasteiger partial charge on any atom is -0.497 e. The van der Waals surface area contributed by atoms with Crippen LogP contribution in [0.15, 0.2) is 79.4 Å². The van der Waals surface area contributed by atoms with Crippen LogP contribution in [0, 0.1) is 0 Å². The summed E-state index contributed by atoms with van der Waals surface area (Å²) in [5.41, 5.74) is 3.90. The fraction of sp³-hybridized carbons (Fsp3) is 0.310. The summed E-state index contributed by atoms with van der Waals surface area (Å²) in [6.45, 7) is 10.5. The van der Waals surface area contributed by atoms with Gasteiger partial charge in [0.25, 0.3) is 0 Å². The summed E-state index contributed by atoms with van der Waals surface area (Å²) >= 11 is 0. The first-order chi connectivity index (χ1) is 15.7. The molecule has 0 radical (unpaired) electrons. The second kappa shape index (κ2) is 11.1. The van der Waals surface area contributed by atoms with Crippen LogP contribution in [0.3, 0.4) is 0 Å². The molecule has 1 fully saturated rings. The molecule has 166 valence electrons. The summed E-state index contributed by atoms with van der Waals surface area (Å²) in [7, 11) is 1.72. The maximum atomic E-state index is 5.36. The van der Waals surface area contributed by atoms with Gasteiger partial charge in [0.05, 0.1) is 7.11 Å². The van der Waals surface area contributed by atoms with Crippen molar-refractivity contribution in [2.24, 2.45) is 0 Å². The molecule has 0 amide bonds. The summed E-state index contributed by atoms with van der Waals surface area (Å²) < 4.78 is 5.36. The number of hydrogen-bond donors (Lipinski definition) is 0. The fourth-order valence-corrected chi connectivity index (χ4v) is 4.43. The summed E-state index contributed by atoms with van der Waals surface area (Å²) in [4.78, 5) is 5.12. The first-order valence-electron chi connectivity index (χ1n) is 11.6. The number of aryl methyl sites for hydroxylation is 1. The monoisotopic (exact) mass is 426 g/mol. The molecule has 0 aliphatic carbocycles. The quantitative estimate of drug-likeness (QED) is 0.402. The lowest BCUT2D eigenvalue weighted by atomic mass is 10.0. The van der Waals surface area contributed by atoms with Crippen LogP contribution in [0.5, 0.6) is 5.75 Å². The second-order valence-electron chi connectivity index (χ2n) is 8.54. The lowest BCUT2D eigenvalue weighted by Gasteiger charge is -2.34. The van der Waals surface area contributed by atoms with Crippen LogP contribution in [-0.4, -0.2) is 49.6 Å². The zero-order valence-corrected chi connectivity index (χ0v) is 19.2. The predicted molar refractivity (Wildman–Crippen MR) is 136 cm³/mol. The molecule has 3 aromatic rings. The highest BCUT2D eigenvalue weighted by Crippen LogP contribution is 2.20. The van der Waals surface area contributed by atoms with Crippen molar-refractivity contribution in [2.75, 3.05) is 39.8 Å². The van der Waals surface area contributed by atoms with Gasteiger partial charge < -0.3 is 4.74 Å². The number of fused-ring (bicyclic) bond motifs is 1. The standard InChI is InChI=1S/C29H34N2O/c1-3-25-14-15-29(32-2)22-28(25)10-5-4-8-16-30-17-19-31(20-18-30)23-24-12-13-26-9-6-7-11-27(26)21-24/h3-4,6-9,11-15,21-22H,1,5,10,16-20,23H2,2H3/b8-4+. The number of nitrogens with zero attached hydrogens (tertiary/aromatic N) is 2. The van der Waals surface area contributed by atoms with Crippen molar-refractivity contribution in [3.8, 4) is 5.75 Å². The Bertz CT molecular complexity index is 1060. The van der Waals surface area contributed by atoms with E-state index < -0.39 is 0 Å². The summed E-state index contributed by atoms with van der Waals surface area (Å²) in [5.74, 6) is 0.913. The molecular formula is C29H34N2O. The van der Waals surface area contributed by atoms with Gasteiger partial charge in [0, 0.05) is 39.3 Å². The van der Waals surface area contributed by atoms with Gasteiger partial charge in [-0.3, -0.25) is 9.80 Å². The molecule has 0 bridgehead atoms. The van der Waals surface area contributed by atoms with Crippen LogP contribution in [0.2, 0.25) is 0 Å². The fourth-order valence-electron chi connectivity index (χ4n) is 4.43. The van der Waals surface area contributed by atoms with Crippen molar-refractivity contribution in [1.82, 2.24) is 9.80 Å². The van der Waals surface area contributed by atoms with E-state index in [0.29, 0.717) is 0 Å². The number of benzene rings is 3. The van der Waals surface area contributed by atoms with E-state index in [4.69, 9.17) is 4.74 Å². The number of methoxy groups -OCH3 is 1. The highest BCUT2D eigenvalue weighted by atomic mass is 16.5. The van der Waals surface area contributed by atoms with Crippen LogP contribution in [-0.2, 0) is 13.0 Å². The minimum absolute atomic E-state index is 0.913. The van der Waals surface area contributed by atoms with Crippen molar-refractivity contribution < 1.29 is 4.74 Å². The molecule has 0 unspecified atom stereocenters. The van der Waals surface area contributed by atoms with Gasteiger partial charge in [0.2, 0.25) is 0 Å². The molecule has 0 aromatic heterocycles. The van der Waals surface area contributed by atoms with E-state index in [0.717, 1.165) is 57.9 Å². The zero-order chi connectivity index (χ0) is 22.2. The predicted octanol–water partition coefficient (Wildman–Crippen LogP) is 5.80. The summed E-state index contributed by atoms with van der Waals surface area (Å²) in [5, 5.41) is 2.66. The Kier molecular flexibility index (Phi) is 7.76. The smallest absolute Gasteiger partial charge is 0.119 e. The average Bonchev–Trinajstić information content (AvgIpc) is 2.84. The first-order valence-corrected chi connectivity index (χ1v) is 11.6. The van der Waals surface area contributed by atoms with E-state index in [1.165, 1.54) is 27.5 Å². The Morgan fingerprint density at radius 1 is 0.875 bits per heavy atom. The molecule has 0 atom stereocenters. The van der Waals surface area contributed by atoms with Crippen molar-refractivity contribution in [3.05, 3.63) is 96.1 Å². The Hall–Kier alpha value is -2.88. The van der Waals surface area contributed by atoms with Gasteiger partial charge in [-0.15, -0.1) is 0 Å². The third kappa shape index (κ3) is 5.87. The lowest BCUT2D eigenvalue weighted by Crippen LogP contribution is -2.45. The summed E-state index contributed by atoms with van der Waals surface area (Å²) in [6, 6.07) is 21.7. The normalized spacial score (nSPS) is 15.4. The minimum atomic E-state index is 0.913. The molecule has 0 spiro atoms. The Morgan fingerprint density at radius 2 is 1.66 bits per heavy atom. The second-order valence-corrected chi connectivity index (χ2v) is 8.54. The van der Waals surface area contributed by atoms with Crippen LogP contribution in [0.1, 0.15) is 23.1 Å². The van der Waals surface area contributed by atoms with Crippen molar-refractivity contribution in [2.45, 2.75) is 19.4 Å². The van der Waals surface area contributed by atoms with Gasteiger partial charge in [0.15, 0.2) is 0 Å². The lowest BCUT2D eigenvalue weighted by molar-refractivity contribution is 0.137. The van der Waals surface area contributed by atoms with E-state index >= 15 is 0 Å². The Morgan fingerprint density at radius 3 is 2.44 bits per heavy atom. The first kappa shape index (κ1) is 22.3. The number of ether oxygens (including phenoxy) is 1. The van der Waals surface area contributed by atoms with Gasteiger partial charge in [-0.25, -0.2) is 0 Å². The van der Waals surface area contributed by atoms with Gasteiger partial charge in [-0.2, -0.15) is 0 Å². The molecule has 3 heteroatoms. The largest absolute Gasteiger partial charge is 0.497 e. The Labute approximate surface area is 192 Å². The maximum Gasteiger partial charge on any atom is 0.119 e. The molecule has 0 saturated carbocycles. The molecule has 4 rings (SSSR count). The molecule has 3 aromatic carbocycles. The topological polar surface area (TPSA) is 15.7 Å². The van der Waals surface area contributed by atoms with E-state index in [2.05, 4.69) is 83.1 Å². The highest BCUT2D eigenvalue weighted by molar-refractivity contribution is 5.82. The number of allylic oxidation sites excluding steroid dienone is 1. The molecule has 32 heavy (non-hydrogen) atoms. The highest BCUT2D eigenvalue weighted by Gasteiger charge is 2.16. The van der Waals surface area contributed by atoms with Crippen molar-refractivity contribution in [3.63, 3.8) is 0 Å². The molecule has 0 N–H and O–H groups in total. The molecule has 1 saturated heterocycles. The van der Waals surface area contributed by atoms with Gasteiger partial charge in [0.1, 0.15) is 5.75 Å². The number of rotatable bonds is 9. The molecular weight excluding hydrogens is 392 g/mol. The van der Waals surface area contributed by atoms with Crippen molar-refractivity contribution >= 4 is 16.8 Å². The average molecular weight is 427 g/mol. The van der Waals surface area contributed by atoms with E-state index in [9.17, 15) is 0 Å². The third-order valence-corrected chi connectivity index (χ3v) is 6.37. The Balaban J connectivity index is 1.20. The van der Waals surface area contributed by atoms with Crippen LogP contribution >= 0.6 is 0 Å². The molecule has 1 heterocycles. The van der Waals surface area contributed by atoms with Gasteiger partial charge in [-0.05, 0) is 58.5 Å². The zero-order valence-electron chi connectivity index (χ0n) is 19.2. The van der Waals surface area contributed by atoms with Gasteiger partial charge >= 0.3 is 0 Å². The van der Waals surface area contributed by atoms with Crippen LogP contribution < -0.4 is 4.74 Å². The van der Waals surface area contributed by atoms with Gasteiger partial charge in [-0.1, -0.05) is 67.3 Å². The molecule has 1 aliphatic heterocycles. The van der Waals surface area contributed by atoms with Crippen LogP contribution in [0.4, 0.5) is 0 Å². The van der Waals surface area contributed by atoms with E-state index in [1.54, 1.807) is 7.11 Å². The number of hydrogen-bond acceptors (Lipinski definition) is 3. The van der Waals surface area contributed by atoms with Crippen molar-refractivity contribution in [1.29, 1.82) is 0 Å². The number of piperazine rings is 1. The molecule has 1 aliphatic rings. The summed E-state index contributed by atoms with van der Waals surface area (Å²) in [6.07, 6.45) is 8.61. The SMILES string of the molecule is C=Cc1ccc(OC)cc1CC/C=C/CN1CCN(Cc2ccc3ccccc3c2)CC1. The maximum absolute atomic E-state index is 5.36. The van der Waals surface area contributed by atoms with Crippen LogP contribution in [0.25, 0.3) is 16.8 Å². The molecule has 3 nitrogen and oxygen atoms in total. The third-order valence-electron chi connectivity index (χ3n) is 6.37. The van der Waals surface area contributed by atoms with E-state index in [-0.39, 0.29) is 0 Å². The van der Waals surface area contributed by atoms with E-state index in [1.807, 2.05) is 12.1 Å².